The number of nitrogens with zero attached hydrogens (tertiary/aromatic N) is 2. The van der Waals surface area contributed by atoms with Crippen molar-refractivity contribution in [3.63, 3.8) is 0 Å². The van der Waals surface area contributed by atoms with Gasteiger partial charge in [-0.05, 0) is 59.6 Å². The van der Waals surface area contributed by atoms with E-state index >= 15 is 0 Å². The lowest BCUT2D eigenvalue weighted by Gasteiger charge is -2.20. The third kappa shape index (κ3) is 4.30. The Morgan fingerprint density at radius 2 is 2.00 bits per heavy atom. The molecular weight excluding hydrogens is 222 g/mol. The van der Waals surface area contributed by atoms with Crippen LogP contribution in [0.2, 0.25) is 0 Å². The first-order valence-electron chi connectivity index (χ1n) is 6.74. The summed E-state index contributed by atoms with van der Waals surface area (Å²) in [6, 6.07) is 0. The van der Waals surface area contributed by atoms with Gasteiger partial charge in [0.1, 0.15) is 0 Å². The van der Waals surface area contributed by atoms with Gasteiger partial charge in [0, 0.05) is 17.8 Å². The molecule has 0 atom stereocenters. The van der Waals surface area contributed by atoms with Gasteiger partial charge in [-0.15, -0.1) is 6.58 Å². The molecule has 3 nitrogen and oxygen atoms in total. The van der Waals surface area contributed by atoms with Crippen LogP contribution in [0.1, 0.15) is 44.1 Å². The summed E-state index contributed by atoms with van der Waals surface area (Å²) >= 11 is 0. The average molecular weight is 249 g/mol. The quantitative estimate of drug-likeness (QED) is 0.785. The molecule has 102 valence electrons. The van der Waals surface area contributed by atoms with Crippen molar-refractivity contribution in [3.8, 4) is 0 Å². The molecule has 0 unspecified atom stereocenters. The second kappa shape index (κ2) is 6.19. The van der Waals surface area contributed by atoms with Crippen molar-refractivity contribution in [2.45, 2.75) is 59.5 Å². The molecule has 0 amide bonds. The molecule has 0 saturated heterocycles. The van der Waals surface area contributed by atoms with Crippen molar-refractivity contribution in [1.29, 1.82) is 0 Å². The number of rotatable bonds is 6. The maximum absolute atomic E-state index is 4.60. The molecule has 0 aliphatic rings. The van der Waals surface area contributed by atoms with E-state index in [2.05, 4.69) is 56.3 Å². The molecule has 1 N–H and O–H groups in total. The number of hydrogen-bond donors (Lipinski definition) is 1. The first-order chi connectivity index (χ1) is 8.35. The second-order valence-corrected chi connectivity index (χ2v) is 5.88. The van der Waals surface area contributed by atoms with Gasteiger partial charge in [-0.25, -0.2) is 0 Å². The Hall–Kier alpha value is -1.09. The summed E-state index contributed by atoms with van der Waals surface area (Å²) < 4.78 is 2.10. The van der Waals surface area contributed by atoms with Gasteiger partial charge >= 0.3 is 0 Å². The van der Waals surface area contributed by atoms with Crippen LogP contribution < -0.4 is 5.32 Å². The van der Waals surface area contributed by atoms with E-state index in [1.54, 1.807) is 0 Å². The van der Waals surface area contributed by atoms with Crippen molar-refractivity contribution in [1.82, 2.24) is 15.1 Å². The standard InChI is InChI=1S/C15H27N3/c1-7-8-11-18-13(3)14(12(2)17-18)9-10-16-15(4,5)6/h7,16H,1,8-11H2,2-6H3. The minimum Gasteiger partial charge on any atom is -0.312 e. The third-order valence-electron chi connectivity index (χ3n) is 3.11. The fourth-order valence-corrected chi connectivity index (χ4v) is 2.09. The van der Waals surface area contributed by atoms with E-state index in [9.17, 15) is 0 Å². The smallest absolute Gasteiger partial charge is 0.0628 e. The summed E-state index contributed by atoms with van der Waals surface area (Å²) in [6.45, 7) is 16.5. The molecule has 0 fully saturated rings. The van der Waals surface area contributed by atoms with Gasteiger partial charge in [-0.2, -0.15) is 5.10 Å². The van der Waals surface area contributed by atoms with Crippen LogP contribution in [-0.2, 0) is 13.0 Å². The van der Waals surface area contributed by atoms with Crippen LogP contribution in [0.5, 0.6) is 0 Å². The predicted octanol–water partition coefficient (Wildman–Crippen LogP) is 3.01. The lowest BCUT2D eigenvalue weighted by atomic mass is 10.1. The number of allylic oxidation sites excluding steroid dienone is 1. The van der Waals surface area contributed by atoms with Crippen molar-refractivity contribution in [2.24, 2.45) is 0 Å². The molecule has 18 heavy (non-hydrogen) atoms. The van der Waals surface area contributed by atoms with Crippen molar-refractivity contribution >= 4 is 0 Å². The van der Waals surface area contributed by atoms with Crippen molar-refractivity contribution in [3.05, 3.63) is 29.6 Å². The SMILES string of the molecule is C=CCCn1nc(C)c(CCNC(C)(C)C)c1C. The molecule has 0 spiro atoms. The van der Waals surface area contributed by atoms with Crippen LogP contribution >= 0.6 is 0 Å². The second-order valence-electron chi connectivity index (χ2n) is 5.88. The van der Waals surface area contributed by atoms with E-state index in [1.165, 1.54) is 11.3 Å². The summed E-state index contributed by atoms with van der Waals surface area (Å²) in [7, 11) is 0. The molecule has 0 bridgehead atoms. The van der Waals surface area contributed by atoms with E-state index in [0.717, 1.165) is 31.6 Å². The van der Waals surface area contributed by atoms with Crippen LogP contribution in [-0.4, -0.2) is 21.9 Å². The Morgan fingerprint density at radius 1 is 1.33 bits per heavy atom. The Morgan fingerprint density at radius 3 is 2.56 bits per heavy atom. The van der Waals surface area contributed by atoms with Gasteiger partial charge in [0.2, 0.25) is 0 Å². The van der Waals surface area contributed by atoms with Gasteiger partial charge < -0.3 is 5.32 Å². The van der Waals surface area contributed by atoms with Crippen molar-refractivity contribution in [2.75, 3.05) is 6.54 Å². The Bertz CT molecular complexity index is 397. The zero-order valence-electron chi connectivity index (χ0n) is 12.5. The normalized spacial score (nSPS) is 11.8. The van der Waals surface area contributed by atoms with Crippen LogP contribution in [0.4, 0.5) is 0 Å². The fraction of sp³-hybridized carbons (Fsp3) is 0.667. The monoisotopic (exact) mass is 249 g/mol. The van der Waals surface area contributed by atoms with Crippen LogP contribution in [0.3, 0.4) is 0 Å². The molecule has 0 aromatic carbocycles. The van der Waals surface area contributed by atoms with E-state index in [1.807, 2.05) is 6.08 Å². The van der Waals surface area contributed by atoms with Crippen LogP contribution in [0.15, 0.2) is 12.7 Å². The number of aryl methyl sites for hydroxylation is 2. The zero-order chi connectivity index (χ0) is 13.8. The minimum absolute atomic E-state index is 0.181. The highest BCUT2D eigenvalue weighted by atomic mass is 15.3. The van der Waals surface area contributed by atoms with E-state index in [0.29, 0.717) is 0 Å². The number of aromatic nitrogens is 2. The van der Waals surface area contributed by atoms with Crippen molar-refractivity contribution < 1.29 is 0 Å². The molecule has 0 saturated carbocycles. The van der Waals surface area contributed by atoms with E-state index < -0.39 is 0 Å². The molecule has 1 aromatic heterocycles. The van der Waals surface area contributed by atoms with Crippen LogP contribution in [0.25, 0.3) is 0 Å². The van der Waals surface area contributed by atoms with Crippen LogP contribution in [0, 0.1) is 13.8 Å². The summed E-state index contributed by atoms with van der Waals surface area (Å²) in [5.41, 5.74) is 4.02. The largest absolute Gasteiger partial charge is 0.312 e. The molecule has 0 aliphatic carbocycles. The van der Waals surface area contributed by atoms with Gasteiger partial charge in [0.15, 0.2) is 0 Å². The van der Waals surface area contributed by atoms with E-state index in [4.69, 9.17) is 0 Å². The summed E-state index contributed by atoms with van der Waals surface area (Å²) in [4.78, 5) is 0. The molecule has 1 rings (SSSR count). The van der Waals surface area contributed by atoms with Gasteiger partial charge in [-0.1, -0.05) is 6.08 Å². The fourth-order valence-electron chi connectivity index (χ4n) is 2.09. The highest BCUT2D eigenvalue weighted by Crippen LogP contribution is 2.14. The highest BCUT2D eigenvalue weighted by molar-refractivity contribution is 5.24. The average Bonchev–Trinajstić information content (AvgIpc) is 2.52. The summed E-state index contributed by atoms with van der Waals surface area (Å²) in [5.74, 6) is 0. The summed E-state index contributed by atoms with van der Waals surface area (Å²) in [5, 5.41) is 8.13. The summed E-state index contributed by atoms with van der Waals surface area (Å²) in [6.07, 6.45) is 3.96. The predicted molar refractivity (Wildman–Crippen MR) is 78.0 cm³/mol. The molecular formula is C15H27N3. The molecule has 0 aliphatic heterocycles. The van der Waals surface area contributed by atoms with E-state index in [-0.39, 0.29) is 5.54 Å². The Labute approximate surface area is 111 Å². The molecule has 1 heterocycles. The first-order valence-corrected chi connectivity index (χ1v) is 6.74. The molecule has 0 radical (unpaired) electrons. The zero-order valence-corrected chi connectivity index (χ0v) is 12.5. The lowest BCUT2D eigenvalue weighted by molar-refractivity contribution is 0.429. The lowest BCUT2D eigenvalue weighted by Crippen LogP contribution is -2.37. The van der Waals surface area contributed by atoms with Gasteiger partial charge in [0.05, 0.1) is 5.69 Å². The Balaban J connectivity index is 2.65. The maximum atomic E-state index is 4.60. The highest BCUT2D eigenvalue weighted by Gasteiger charge is 2.13. The van der Waals surface area contributed by atoms with Gasteiger partial charge in [-0.3, -0.25) is 4.68 Å². The number of nitrogens with one attached hydrogen (secondary N) is 1. The Kier molecular flexibility index (Phi) is 5.15. The molecule has 1 aromatic rings. The minimum atomic E-state index is 0.181. The van der Waals surface area contributed by atoms with Gasteiger partial charge in [0.25, 0.3) is 0 Å². The maximum Gasteiger partial charge on any atom is 0.0628 e. The molecule has 3 heteroatoms. The first kappa shape index (κ1) is 15.0. The third-order valence-corrected chi connectivity index (χ3v) is 3.11. The topological polar surface area (TPSA) is 29.9 Å². The number of hydrogen-bond acceptors (Lipinski definition) is 2.